The Kier molecular flexibility index (Phi) is 55.9. The number of carboxylic acid groups (broad SMARTS) is 3. The number of carbonyl (C=O) groups excluding carboxylic acids is 8. The number of amides is 8. The Hall–Kier alpha value is -11.8. The average molecular weight is 1540 g/mol. The molecule has 0 fully saturated rings. The fraction of sp³-hybridized carbons (Fsp3) is 0.400. The monoisotopic (exact) mass is 1540 g/mol. The van der Waals surface area contributed by atoms with Crippen LogP contribution in [-0.2, 0) is 48.2 Å². The van der Waals surface area contributed by atoms with Gasteiger partial charge in [0.2, 0.25) is 5.82 Å². The van der Waals surface area contributed by atoms with E-state index in [2.05, 4.69) is 144 Å². The minimum Gasteiger partial charge on any atom is -0.475 e. The number of benzene rings is 3. The predicted octanol–water partition coefficient (Wildman–Crippen LogP) is 4.60. The number of hydrogen-bond donors (Lipinski definition) is 8. The molecule has 1 atom stereocenters. The van der Waals surface area contributed by atoms with Gasteiger partial charge in [0.05, 0.1) is 26.4 Å². The first-order valence-corrected chi connectivity index (χ1v) is 35.0. The molecular weight excluding hydrogens is 1440 g/mol. The van der Waals surface area contributed by atoms with E-state index >= 15 is 0 Å². The van der Waals surface area contributed by atoms with Gasteiger partial charge in [-0.25, -0.2) is 90.7 Å². The minimum atomic E-state index is -1.78. The molecule has 0 saturated heterocycles. The molecule has 1 unspecified atom stereocenters. The largest absolute Gasteiger partial charge is 0.475 e. The third kappa shape index (κ3) is 36.8. The summed E-state index contributed by atoms with van der Waals surface area (Å²) in [5.74, 6) is -3.49. The topological polar surface area (TPSA) is 575 Å². The van der Waals surface area contributed by atoms with Gasteiger partial charge in [0.15, 0.2) is 24.2 Å². The summed E-state index contributed by atoms with van der Waals surface area (Å²) in [5, 5.41) is 28.5. The van der Waals surface area contributed by atoms with E-state index in [4.69, 9.17) is 33.1 Å². The maximum Gasteiger partial charge on any atom is 0.419 e. The van der Waals surface area contributed by atoms with Crippen LogP contribution in [0.5, 0.6) is 0 Å². The fourth-order valence-corrected chi connectivity index (χ4v) is 10.8. The van der Waals surface area contributed by atoms with Crippen molar-refractivity contribution in [1.29, 1.82) is 0 Å². The zero-order valence-corrected chi connectivity index (χ0v) is 62.6. The Morgan fingerprint density at radius 1 is 0.519 bits per heavy atom. The summed E-state index contributed by atoms with van der Waals surface area (Å²) in [6.07, 6.45) is 2.18. The molecule has 3 heterocycles. The fourth-order valence-electron chi connectivity index (χ4n) is 7.22. The van der Waals surface area contributed by atoms with Crippen molar-refractivity contribution in [2.75, 3.05) is 52.7 Å². The van der Waals surface area contributed by atoms with Crippen molar-refractivity contribution in [2.24, 2.45) is 11.5 Å². The number of carboxylic acids is 1. The van der Waals surface area contributed by atoms with Crippen molar-refractivity contribution < 1.29 is 87.0 Å². The van der Waals surface area contributed by atoms with Crippen LogP contribution in [0.2, 0.25) is 0 Å². The van der Waals surface area contributed by atoms with Crippen molar-refractivity contribution in [3.63, 3.8) is 0 Å². The van der Waals surface area contributed by atoms with Gasteiger partial charge in [-0.05, 0) is 107 Å². The number of aldehydes is 2. The maximum atomic E-state index is 11.6. The summed E-state index contributed by atoms with van der Waals surface area (Å²) in [4.78, 5) is 197. The van der Waals surface area contributed by atoms with E-state index in [0.717, 1.165) is 23.5 Å². The Bertz CT molecular complexity index is 3870. The first-order valence-electron chi connectivity index (χ1n) is 31.6. The highest BCUT2D eigenvalue weighted by Gasteiger charge is 2.23. The van der Waals surface area contributed by atoms with E-state index in [1.165, 1.54) is 33.6 Å². The van der Waals surface area contributed by atoms with Crippen molar-refractivity contribution in [1.82, 2.24) is 63.8 Å². The quantitative estimate of drug-likeness (QED) is 0.0180. The van der Waals surface area contributed by atoms with Crippen LogP contribution in [0.15, 0.2) is 120 Å². The van der Waals surface area contributed by atoms with Crippen LogP contribution >= 0.6 is 15.6 Å². The smallest absolute Gasteiger partial charge is 0.419 e. The zero-order valence-electron chi connectivity index (χ0n) is 60.7. The zero-order chi connectivity index (χ0) is 80.2. The standard InChI is InChI=1S/C19H17P.C8H15NO4.C7H10N3O3P.C7H12O4.C6H7N3O4.C6H7N3O3.C4H9N3O2.C4H7NO4.C3H8.CH4.H3N/c1-20(17-11-5-2-6-12-17,18-13-7-3-8-14-18)19-15-9-4-10-16-19;1-4-9(7(10)12-5-2)8(11)13-6-3;1-3-9-6(12)8-5(4-11)10(14-2)7(9)13;1-3-10-6(8)5-7(9)11-4-2;1-2-9-5(12)7-3(4(10)11)8-6(9)13;1-2-9-5(11)7-4(3-10)8-6(9)12;1-2-7(3(5)8)4(6)9;1-2-5(3(6)7)4(8)9;1-3-2;;/h2-16H,1H2;4-6H2,1-3H3;4,14H,3H2,1-2H3;3-5H2,1-2H3;2H2,1H3,(H,10,11)(H,7,8,12,13);3H,2H2,1H3,(H,7,8,11,12);2H2,1H3,(H2,5,8)(H2,6,9);2H2,1H3,(H,6,7)(H,8,9);3H2,1-2H3;1H4;1H3. The third-order valence-corrected chi connectivity index (χ3v) is 16.3. The van der Waals surface area contributed by atoms with Gasteiger partial charge in [-0.15, -0.1) is 0 Å². The average Bonchev–Trinajstić information content (AvgIpc) is 0.773. The van der Waals surface area contributed by atoms with Crippen molar-refractivity contribution in [2.45, 2.75) is 123 Å². The number of ether oxygens (including phenoxy) is 4. The van der Waals surface area contributed by atoms with Gasteiger partial charge in [-0.2, -0.15) is 15.0 Å². The van der Waals surface area contributed by atoms with Gasteiger partial charge < -0.3 is 51.9 Å². The van der Waals surface area contributed by atoms with Crippen molar-refractivity contribution >= 4 is 105 Å². The number of nitrogens with two attached hydrogens (primary N) is 2. The molecular formula is C65H99N15O24P2. The van der Waals surface area contributed by atoms with Crippen LogP contribution in [0.4, 0.5) is 28.8 Å². The normalized spacial score (nSPS) is 9.56. The van der Waals surface area contributed by atoms with Gasteiger partial charge in [0.1, 0.15) is 6.42 Å². The van der Waals surface area contributed by atoms with E-state index < -0.39 is 101 Å². The number of carbonyl (C=O) groups is 11. The molecule has 39 nitrogen and oxygen atoms in total. The molecule has 6 aromatic rings. The lowest BCUT2D eigenvalue weighted by Crippen LogP contribution is -2.43. The van der Waals surface area contributed by atoms with Crippen LogP contribution in [0.1, 0.15) is 135 Å². The number of esters is 2. The van der Waals surface area contributed by atoms with E-state index in [9.17, 15) is 81.5 Å². The van der Waals surface area contributed by atoms with E-state index in [1.54, 1.807) is 69.0 Å². The number of hydrogen-bond acceptors (Lipinski definition) is 25. The molecule has 8 amide bonds. The molecule has 0 aliphatic heterocycles. The second-order valence-electron chi connectivity index (χ2n) is 18.9. The predicted molar refractivity (Wildman–Crippen MR) is 400 cm³/mol. The lowest BCUT2D eigenvalue weighted by atomic mass is 10.4. The molecule has 3 aromatic carbocycles. The summed E-state index contributed by atoms with van der Waals surface area (Å²) in [6.45, 7) is 22.7. The first-order chi connectivity index (χ1) is 49.2. The Morgan fingerprint density at radius 2 is 0.858 bits per heavy atom. The van der Waals surface area contributed by atoms with Gasteiger partial charge in [0.25, 0.3) is 0 Å². The molecule has 0 aliphatic carbocycles. The van der Waals surface area contributed by atoms with Crippen LogP contribution in [-0.4, -0.2) is 199 Å². The molecule has 0 bridgehead atoms. The Balaban J connectivity index is -0.000000368. The third-order valence-electron chi connectivity index (χ3n) is 11.9. The number of urea groups is 2. The molecule has 3 aromatic heterocycles. The molecule has 0 aliphatic rings. The minimum absolute atomic E-state index is 0. The molecule has 0 saturated carbocycles. The number of imide groups is 3. The molecule has 0 radical (unpaired) electrons. The highest BCUT2D eigenvalue weighted by Crippen LogP contribution is 2.41. The highest BCUT2D eigenvalue weighted by atomic mass is 31.2. The number of nitrogens with zero attached hydrogens (tertiary/aromatic N) is 10. The number of H-pyrrole nitrogens is 2. The lowest BCUT2D eigenvalue weighted by molar-refractivity contribution is -0.154. The van der Waals surface area contributed by atoms with Crippen molar-refractivity contribution in [3.8, 4) is 0 Å². The summed E-state index contributed by atoms with van der Waals surface area (Å²) < 4.78 is 22.2. The lowest BCUT2D eigenvalue weighted by Gasteiger charge is -2.26. The van der Waals surface area contributed by atoms with Gasteiger partial charge >= 0.3 is 88.5 Å². The number of nitrogens with one attached hydrogen (secondary N) is 2. The van der Waals surface area contributed by atoms with E-state index in [0.29, 0.717) is 17.5 Å². The van der Waals surface area contributed by atoms with Gasteiger partial charge in [0, 0.05) is 39.3 Å². The molecule has 0 spiro atoms. The van der Waals surface area contributed by atoms with E-state index in [1.807, 2.05) is 4.98 Å². The molecule has 106 heavy (non-hydrogen) atoms. The second-order valence-corrected chi connectivity index (χ2v) is 23.0. The maximum absolute atomic E-state index is 11.6. The Morgan fingerprint density at radius 3 is 1.10 bits per heavy atom. The number of rotatable bonds is 19. The second kappa shape index (κ2) is 57.6. The SMILES string of the molecule is C.C=P(c1ccccc1)(c1ccccc1)c1ccccc1.CCC.CCN(C(=O)O)C(=O)O.CCN(C(N)=O)C(N)=O.CCOC(=O)CC(=O)OCC.CCOC(=O)N(CC)C(=O)OCC.CCn1c(=O)nc(C(=O)O)[nH]c1=O.CCn1c(=O)nc(C=O)[nH]c1=O.CCn1c(=O)nc(C=O)n(PC)c1=O.N. The molecule has 6 rings (SSSR count). The van der Waals surface area contributed by atoms with Crippen LogP contribution < -0.4 is 67.7 Å². The summed E-state index contributed by atoms with van der Waals surface area (Å²) in [5.41, 5.74) is 5.38. The summed E-state index contributed by atoms with van der Waals surface area (Å²) in [7, 11) is 0.0810. The number of aromatic nitrogens is 9. The highest BCUT2D eigenvalue weighted by molar-refractivity contribution is 7.93. The van der Waals surface area contributed by atoms with E-state index in [-0.39, 0.29) is 106 Å². The molecule has 41 heteroatoms. The first kappa shape index (κ1) is 103. The van der Waals surface area contributed by atoms with Crippen LogP contribution in [0.25, 0.3) is 0 Å². The molecule has 588 valence electrons. The van der Waals surface area contributed by atoms with Crippen LogP contribution in [0, 0.1) is 0 Å². The number of aromatic carboxylic acids is 1. The number of primary amides is 2. The summed E-state index contributed by atoms with van der Waals surface area (Å²) in [6, 6.07) is 30.3. The van der Waals surface area contributed by atoms with Gasteiger partial charge in [-0.1, -0.05) is 125 Å². The van der Waals surface area contributed by atoms with Crippen molar-refractivity contribution in [3.05, 3.63) is 171 Å². The summed E-state index contributed by atoms with van der Waals surface area (Å²) >= 11 is 0. The van der Waals surface area contributed by atoms with Crippen LogP contribution in [0.3, 0.4) is 0 Å². The Labute approximate surface area is 611 Å². The molecule has 12 N–H and O–H groups in total. The number of aromatic amines is 2. The van der Waals surface area contributed by atoms with Gasteiger partial charge in [-0.3, -0.25) is 33.5 Å².